The molecule has 88 valence electrons. The number of carbonyl (C=O) groups is 1. The van der Waals surface area contributed by atoms with Gasteiger partial charge in [-0.25, -0.2) is 4.98 Å². The van der Waals surface area contributed by atoms with E-state index in [0.717, 1.165) is 0 Å². The van der Waals surface area contributed by atoms with Crippen molar-refractivity contribution in [1.29, 1.82) is 0 Å². The highest BCUT2D eigenvalue weighted by Gasteiger charge is 2.11. The van der Waals surface area contributed by atoms with Crippen molar-refractivity contribution in [3.8, 4) is 5.75 Å². The molecular formula is C12H12N2O3. The molecule has 0 unspecified atom stereocenters. The SMILES string of the molecule is COc1cccc(NC(=O)c2cnc(C)o2)c1. The van der Waals surface area contributed by atoms with Crippen molar-refractivity contribution in [3.05, 3.63) is 42.1 Å². The summed E-state index contributed by atoms with van der Waals surface area (Å²) in [5.41, 5.74) is 0.642. The van der Waals surface area contributed by atoms with E-state index in [-0.39, 0.29) is 11.7 Å². The number of benzene rings is 1. The first kappa shape index (κ1) is 11.2. The first-order chi connectivity index (χ1) is 8.19. The summed E-state index contributed by atoms with van der Waals surface area (Å²) in [4.78, 5) is 15.6. The number of anilines is 1. The van der Waals surface area contributed by atoms with Crippen LogP contribution in [0.4, 0.5) is 5.69 Å². The van der Waals surface area contributed by atoms with Gasteiger partial charge >= 0.3 is 0 Å². The van der Waals surface area contributed by atoms with Crippen LogP contribution in [-0.2, 0) is 0 Å². The largest absolute Gasteiger partial charge is 0.497 e. The Balaban J connectivity index is 2.12. The van der Waals surface area contributed by atoms with Crippen LogP contribution in [-0.4, -0.2) is 18.0 Å². The Morgan fingerprint density at radius 1 is 1.47 bits per heavy atom. The Bertz CT molecular complexity index is 534. The van der Waals surface area contributed by atoms with Crippen molar-refractivity contribution >= 4 is 11.6 Å². The van der Waals surface area contributed by atoms with E-state index in [2.05, 4.69) is 10.3 Å². The lowest BCUT2D eigenvalue weighted by Crippen LogP contribution is -2.10. The second-order valence-corrected chi connectivity index (χ2v) is 3.43. The van der Waals surface area contributed by atoms with Crippen LogP contribution in [0.15, 0.2) is 34.9 Å². The van der Waals surface area contributed by atoms with Gasteiger partial charge in [0.05, 0.1) is 13.3 Å². The van der Waals surface area contributed by atoms with Crippen molar-refractivity contribution in [3.63, 3.8) is 0 Å². The molecule has 1 heterocycles. The summed E-state index contributed by atoms with van der Waals surface area (Å²) in [7, 11) is 1.57. The van der Waals surface area contributed by atoms with E-state index < -0.39 is 0 Å². The molecule has 0 bridgehead atoms. The number of carbonyl (C=O) groups excluding carboxylic acids is 1. The molecule has 0 spiro atoms. The monoisotopic (exact) mass is 232 g/mol. The fourth-order valence-electron chi connectivity index (χ4n) is 1.36. The molecule has 5 heteroatoms. The average molecular weight is 232 g/mol. The van der Waals surface area contributed by atoms with Crippen molar-refractivity contribution in [1.82, 2.24) is 4.98 Å². The molecule has 0 radical (unpaired) electrons. The van der Waals surface area contributed by atoms with Gasteiger partial charge in [0.1, 0.15) is 5.75 Å². The summed E-state index contributed by atoms with van der Waals surface area (Å²) >= 11 is 0. The molecule has 0 saturated heterocycles. The van der Waals surface area contributed by atoms with Crippen LogP contribution in [0.1, 0.15) is 16.4 Å². The van der Waals surface area contributed by atoms with Crippen LogP contribution in [0.5, 0.6) is 5.75 Å². The molecule has 0 saturated carbocycles. The lowest BCUT2D eigenvalue weighted by atomic mass is 10.3. The molecule has 0 fully saturated rings. The van der Waals surface area contributed by atoms with E-state index in [1.165, 1.54) is 6.20 Å². The fourth-order valence-corrected chi connectivity index (χ4v) is 1.36. The van der Waals surface area contributed by atoms with Crippen LogP contribution in [0.25, 0.3) is 0 Å². The van der Waals surface area contributed by atoms with E-state index in [4.69, 9.17) is 9.15 Å². The maximum absolute atomic E-state index is 11.7. The Labute approximate surface area is 98.4 Å². The zero-order valence-electron chi connectivity index (χ0n) is 9.56. The van der Waals surface area contributed by atoms with Gasteiger partial charge in [0, 0.05) is 18.7 Å². The van der Waals surface area contributed by atoms with Crippen molar-refractivity contribution in [2.24, 2.45) is 0 Å². The third kappa shape index (κ3) is 2.63. The molecule has 0 aliphatic rings. The van der Waals surface area contributed by atoms with Gasteiger partial charge in [-0.2, -0.15) is 0 Å². The number of aromatic nitrogens is 1. The molecule has 1 aromatic carbocycles. The van der Waals surface area contributed by atoms with Gasteiger partial charge in [-0.3, -0.25) is 4.79 Å². The first-order valence-electron chi connectivity index (χ1n) is 5.07. The standard InChI is InChI=1S/C12H12N2O3/c1-8-13-7-11(17-8)12(15)14-9-4-3-5-10(6-9)16-2/h3-7H,1-2H3,(H,14,15). The zero-order valence-corrected chi connectivity index (χ0v) is 9.56. The van der Waals surface area contributed by atoms with E-state index in [9.17, 15) is 4.79 Å². The van der Waals surface area contributed by atoms with E-state index in [1.807, 2.05) is 0 Å². The minimum absolute atomic E-state index is 0.185. The average Bonchev–Trinajstić information content (AvgIpc) is 2.76. The normalized spacial score (nSPS) is 10.0. The van der Waals surface area contributed by atoms with Gasteiger partial charge in [-0.05, 0) is 12.1 Å². The summed E-state index contributed by atoms with van der Waals surface area (Å²) < 4.78 is 10.2. The molecule has 2 aromatic rings. The maximum atomic E-state index is 11.7. The van der Waals surface area contributed by atoms with Gasteiger partial charge in [-0.1, -0.05) is 6.07 Å². The maximum Gasteiger partial charge on any atom is 0.293 e. The summed E-state index contributed by atoms with van der Waals surface area (Å²) in [6, 6.07) is 7.08. The predicted octanol–water partition coefficient (Wildman–Crippen LogP) is 2.24. The summed E-state index contributed by atoms with van der Waals surface area (Å²) in [6.45, 7) is 1.68. The Morgan fingerprint density at radius 2 is 2.29 bits per heavy atom. The number of hydrogen-bond acceptors (Lipinski definition) is 4. The number of oxazole rings is 1. The number of amides is 1. The van der Waals surface area contributed by atoms with E-state index in [0.29, 0.717) is 17.3 Å². The van der Waals surface area contributed by atoms with Crippen LogP contribution < -0.4 is 10.1 Å². The van der Waals surface area contributed by atoms with Crippen molar-refractivity contribution < 1.29 is 13.9 Å². The second kappa shape index (κ2) is 4.69. The number of nitrogens with zero attached hydrogens (tertiary/aromatic N) is 1. The first-order valence-corrected chi connectivity index (χ1v) is 5.07. The Hall–Kier alpha value is -2.30. The van der Waals surface area contributed by atoms with Crippen LogP contribution in [0.3, 0.4) is 0 Å². The Kier molecular flexibility index (Phi) is 3.09. The molecule has 0 aliphatic heterocycles. The van der Waals surface area contributed by atoms with Gasteiger partial charge in [-0.15, -0.1) is 0 Å². The molecular weight excluding hydrogens is 220 g/mol. The highest BCUT2D eigenvalue weighted by atomic mass is 16.5. The molecule has 0 aliphatic carbocycles. The van der Waals surface area contributed by atoms with Crippen LogP contribution in [0.2, 0.25) is 0 Å². The van der Waals surface area contributed by atoms with Crippen LogP contribution in [0, 0.1) is 6.92 Å². The topological polar surface area (TPSA) is 64.4 Å². The highest BCUT2D eigenvalue weighted by Crippen LogP contribution is 2.17. The molecule has 0 atom stereocenters. The van der Waals surface area contributed by atoms with Gasteiger partial charge < -0.3 is 14.5 Å². The lowest BCUT2D eigenvalue weighted by molar-refractivity contribution is 0.0995. The van der Waals surface area contributed by atoms with E-state index in [1.54, 1.807) is 38.3 Å². The number of aryl methyl sites for hydroxylation is 1. The fraction of sp³-hybridized carbons (Fsp3) is 0.167. The lowest BCUT2D eigenvalue weighted by Gasteiger charge is -2.04. The third-order valence-corrected chi connectivity index (χ3v) is 2.17. The number of methoxy groups -OCH3 is 1. The highest BCUT2D eigenvalue weighted by molar-refractivity contribution is 6.02. The smallest absolute Gasteiger partial charge is 0.293 e. The third-order valence-electron chi connectivity index (χ3n) is 2.17. The predicted molar refractivity (Wildman–Crippen MR) is 62.2 cm³/mol. The molecule has 1 N–H and O–H groups in total. The molecule has 1 amide bonds. The van der Waals surface area contributed by atoms with E-state index >= 15 is 0 Å². The molecule has 17 heavy (non-hydrogen) atoms. The Morgan fingerprint density at radius 3 is 2.94 bits per heavy atom. The van der Waals surface area contributed by atoms with Crippen molar-refractivity contribution in [2.45, 2.75) is 6.92 Å². The molecule has 5 nitrogen and oxygen atoms in total. The number of rotatable bonds is 3. The number of nitrogens with one attached hydrogen (secondary N) is 1. The summed E-state index contributed by atoms with van der Waals surface area (Å²) in [5, 5.41) is 2.69. The summed E-state index contributed by atoms with van der Waals surface area (Å²) in [5.74, 6) is 0.988. The van der Waals surface area contributed by atoms with Gasteiger partial charge in [0.15, 0.2) is 5.89 Å². The quantitative estimate of drug-likeness (QED) is 0.881. The number of ether oxygens (including phenoxy) is 1. The van der Waals surface area contributed by atoms with Crippen LogP contribution >= 0.6 is 0 Å². The summed E-state index contributed by atoms with van der Waals surface area (Å²) in [6.07, 6.45) is 1.39. The van der Waals surface area contributed by atoms with Gasteiger partial charge in [0.25, 0.3) is 5.91 Å². The van der Waals surface area contributed by atoms with Crippen molar-refractivity contribution in [2.75, 3.05) is 12.4 Å². The molecule has 1 aromatic heterocycles. The second-order valence-electron chi connectivity index (χ2n) is 3.43. The minimum Gasteiger partial charge on any atom is -0.497 e. The molecule has 2 rings (SSSR count). The zero-order chi connectivity index (χ0) is 12.3. The minimum atomic E-state index is -0.334. The van der Waals surface area contributed by atoms with Gasteiger partial charge in [0.2, 0.25) is 5.76 Å². The number of hydrogen-bond donors (Lipinski definition) is 1.